The molecule has 0 radical (unpaired) electrons. The van der Waals surface area contributed by atoms with Crippen LogP contribution in [-0.4, -0.2) is 65.0 Å². The molecule has 0 fully saturated rings. The van der Waals surface area contributed by atoms with Crippen molar-refractivity contribution in [3.05, 3.63) is 119 Å². The fourth-order valence-electron chi connectivity index (χ4n) is 8.98. The summed E-state index contributed by atoms with van der Waals surface area (Å²) in [5, 5.41) is 23.3. The molecule has 2 aliphatic heterocycles. The van der Waals surface area contributed by atoms with Gasteiger partial charge in [-0.25, -0.2) is 16.8 Å². The lowest BCUT2D eigenvalue weighted by Gasteiger charge is -2.39. The lowest BCUT2D eigenvalue weighted by atomic mass is 9.69. The molecule has 4 aromatic carbocycles. The molecule has 2 aliphatic rings. The van der Waals surface area contributed by atoms with Gasteiger partial charge in [-0.15, -0.1) is 0 Å². The molecule has 304 valence electrons. The van der Waals surface area contributed by atoms with Crippen molar-refractivity contribution in [1.29, 1.82) is 0 Å². The minimum atomic E-state index is -3.58. The lowest BCUT2D eigenvalue weighted by molar-refractivity contribution is 0.0173. The van der Waals surface area contributed by atoms with Gasteiger partial charge in [0.25, 0.3) is 0 Å². The third-order valence-corrected chi connectivity index (χ3v) is 16.4. The molecular weight excluding hydrogens is 745 g/mol. The molecule has 0 amide bonds. The first kappa shape index (κ1) is 43.4. The first-order valence-corrected chi connectivity index (χ1v) is 23.3. The number of aliphatic hydroxyl groups is 2. The number of aliphatic hydroxyl groups excluding tert-OH is 2. The second-order valence-corrected chi connectivity index (χ2v) is 19.5. The highest BCUT2D eigenvalue weighted by Gasteiger charge is 2.50. The third-order valence-electron chi connectivity index (χ3n) is 12.4. The van der Waals surface area contributed by atoms with Crippen molar-refractivity contribution in [2.45, 2.75) is 113 Å². The Bertz CT molecular complexity index is 1970. The number of sulfone groups is 2. The normalized spacial score (nSPS) is 26.3. The van der Waals surface area contributed by atoms with Crippen LogP contribution in [0.2, 0.25) is 0 Å². The molecule has 8 nitrogen and oxygen atoms in total. The van der Waals surface area contributed by atoms with Gasteiger partial charge in [0.15, 0.2) is 19.7 Å². The van der Waals surface area contributed by atoms with Gasteiger partial charge in [-0.2, -0.15) is 0 Å². The van der Waals surface area contributed by atoms with E-state index in [2.05, 4.69) is 13.8 Å². The Morgan fingerprint density at radius 2 is 0.929 bits per heavy atom. The van der Waals surface area contributed by atoms with E-state index in [-0.39, 0.29) is 21.3 Å². The predicted molar refractivity (Wildman–Crippen MR) is 223 cm³/mol. The standard InChI is InChI=1S/2C23H30O4S/c2*1-4-6-14-23(5-2)16-28(25,26)20-15-18(27-3)12-13-19(20)21(22(23)24)17-10-8-7-9-11-17/h2*7-13,15,21-22,24H,4-6,14,16H2,1-3H3/t21-,22?,23+;21-,22?,23-/m01/s1. The van der Waals surface area contributed by atoms with Gasteiger partial charge in [0.2, 0.25) is 0 Å². The number of unbranched alkanes of at least 4 members (excludes halogenated alkanes) is 2. The minimum Gasteiger partial charge on any atom is -0.497 e. The fourth-order valence-corrected chi connectivity index (χ4v) is 13.5. The largest absolute Gasteiger partial charge is 0.497 e. The number of methoxy groups -OCH3 is 2. The van der Waals surface area contributed by atoms with E-state index in [1.807, 2.05) is 74.5 Å². The van der Waals surface area contributed by atoms with E-state index in [9.17, 15) is 27.0 Å². The molecule has 2 heterocycles. The number of hydrogen-bond acceptors (Lipinski definition) is 8. The molecule has 2 N–H and O–H groups in total. The maximum Gasteiger partial charge on any atom is 0.179 e. The van der Waals surface area contributed by atoms with E-state index in [1.165, 1.54) is 14.2 Å². The highest BCUT2D eigenvalue weighted by molar-refractivity contribution is 7.91. The minimum absolute atomic E-state index is 0.0405. The molecule has 2 unspecified atom stereocenters. The molecule has 0 aromatic heterocycles. The van der Waals surface area contributed by atoms with Gasteiger partial charge >= 0.3 is 0 Å². The van der Waals surface area contributed by atoms with Gasteiger partial charge in [0.1, 0.15) is 11.5 Å². The van der Waals surface area contributed by atoms with Crippen molar-refractivity contribution in [2.24, 2.45) is 10.8 Å². The van der Waals surface area contributed by atoms with Gasteiger partial charge in [-0.3, -0.25) is 0 Å². The zero-order chi connectivity index (χ0) is 40.7. The van der Waals surface area contributed by atoms with Crippen LogP contribution in [0.15, 0.2) is 107 Å². The highest BCUT2D eigenvalue weighted by atomic mass is 32.2. The molecule has 0 bridgehead atoms. The van der Waals surface area contributed by atoms with Crippen LogP contribution < -0.4 is 9.47 Å². The summed E-state index contributed by atoms with van der Waals surface area (Å²) in [6.45, 7) is 8.17. The lowest BCUT2D eigenvalue weighted by Crippen LogP contribution is -2.42. The second kappa shape index (κ2) is 18.3. The summed E-state index contributed by atoms with van der Waals surface area (Å²) in [6.07, 6.45) is 4.75. The molecular formula is C46H60O8S2. The van der Waals surface area contributed by atoms with E-state index in [4.69, 9.17) is 9.47 Å². The van der Waals surface area contributed by atoms with E-state index < -0.39 is 54.5 Å². The number of ether oxygens (including phenoxy) is 2. The molecule has 0 saturated heterocycles. The Hall–Kier alpha value is -3.70. The number of hydrogen-bond donors (Lipinski definition) is 2. The van der Waals surface area contributed by atoms with Crippen LogP contribution in [0.1, 0.15) is 113 Å². The summed E-state index contributed by atoms with van der Waals surface area (Å²) in [5.74, 6) is 0.164. The van der Waals surface area contributed by atoms with Crippen LogP contribution in [0, 0.1) is 10.8 Å². The van der Waals surface area contributed by atoms with E-state index in [0.29, 0.717) is 48.3 Å². The molecule has 10 heteroatoms. The van der Waals surface area contributed by atoms with Crippen LogP contribution in [-0.2, 0) is 19.7 Å². The maximum atomic E-state index is 13.5. The first-order chi connectivity index (χ1) is 26.8. The second-order valence-electron chi connectivity index (χ2n) is 15.6. The molecule has 0 spiro atoms. The van der Waals surface area contributed by atoms with Crippen LogP contribution in [0.25, 0.3) is 0 Å². The summed E-state index contributed by atoms with van der Waals surface area (Å²) in [6, 6.07) is 29.9. The van der Waals surface area contributed by atoms with Crippen molar-refractivity contribution in [3.63, 3.8) is 0 Å². The van der Waals surface area contributed by atoms with Gasteiger partial charge in [0, 0.05) is 22.7 Å². The summed E-state index contributed by atoms with van der Waals surface area (Å²) in [7, 11) is -4.08. The zero-order valence-electron chi connectivity index (χ0n) is 33.8. The summed E-state index contributed by atoms with van der Waals surface area (Å²) < 4.78 is 64.4. The Labute approximate surface area is 335 Å². The summed E-state index contributed by atoms with van der Waals surface area (Å²) in [5.41, 5.74) is 1.83. The average Bonchev–Trinajstić information content (AvgIpc) is 3.34. The van der Waals surface area contributed by atoms with E-state index in [1.54, 1.807) is 36.4 Å². The monoisotopic (exact) mass is 804 g/mol. The zero-order valence-corrected chi connectivity index (χ0v) is 35.4. The highest BCUT2D eigenvalue weighted by Crippen LogP contribution is 2.51. The van der Waals surface area contributed by atoms with Crippen molar-refractivity contribution >= 4 is 19.7 Å². The maximum absolute atomic E-state index is 13.5. The third kappa shape index (κ3) is 8.74. The first-order valence-electron chi connectivity index (χ1n) is 20.0. The van der Waals surface area contributed by atoms with Crippen LogP contribution in [0.3, 0.4) is 0 Å². The van der Waals surface area contributed by atoms with Gasteiger partial charge in [-0.1, -0.05) is 126 Å². The van der Waals surface area contributed by atoms with Crippen molar-refractivity contribution in [2.75, 3.05) is 25.7 Å². The average molecular weight is 805 g/mol. The molecule has 6 rings (SSSR count). The van der Waals surface area contributed by atoms with Crippen LogP contribution in [0.5, 0.6) is 11.5 Å². The van der Waals surface area contributed by atoms with Crippen molar-refractivity contribution in [3.8, 4) is 11.5 Å². The summed E-state index contributed by atoms with van der Waals surface area (Å²) >= 11 is 0. The number of rotatable bonds is 12. The molecule has 0 aliphatic carbocycles. The van der Waals surface area contributed by atoms with Crippen molar-refractivity contribution in [1.82, 2.24) is 0 Å². The van der Waals surface area contributed by atoms with Gasteiger partial charge in [0.05, 0.1) is 47.7 Å². The quantitative estimate of drug-likeness (QED) is 0.145. The van der Waals surface area contributed by atoms with E-state index >= 15 is 0 Å². The van der Waals surface area contributed by atoms with E-state index in [0.717, 1.165) is 36.8 Å². The Kier molecular flexibility index (Phi) is 14.2. The fraction of sp³-hybridized carbons (Fsp3) is 0.478. The Morgan fingerprint density at radius 3 is 1.23 bits per heavy atom. The topological polar surface area (TPSA) is 127 Å². The molecule has 4 aromatic rings. The Balaban J connectivity index is 0.000000214. The van der Waals surface area contributed by atoms with Crippen LogP contribution in [0.4, 0.5) is 0 Å². The smallest absolute Gasteiger partial charge is 0.179 e. The SMILES string of the molecule is CCCC[C@]1(CC)CS(=O)(=O)c2cc(OC)ccc2[C@@H](c2ccccc2)C1O.CCCC[C@]1(CC)CS(=O)(=O)c2cc(OC)ccc2[C@H](c2ccccc2)C1O. The van der Waals surface area contributed by atoms with Gasteiger partial charge < -0.3 is 19.7 Å². The predicted octanol–water partition coefficient (Wildman–Crippen LogP) is 9.12. The van der Waals surface area contributed by atoms with Crippen LogP contribution >= 0.6 is 0 Å². The number of benzene rings is 4. The number of fused-ring (bicyclic) bond motifs is 2. The van der Waals surface area contributed by atoms with Crippen molar-refractivity contribution < 1.29 is 36.5 Å². The molecule has 0 saturated carbocycles. The molecule has 6 atom stereocenters. The summed E-state index contributed by atoms with van der Waals surface area (Å²) in [4.78, 5) is 0.568. The molecule has 56 heavy (non-hydrogen) atoms. The van der Waals surface area contributed by atoms with Gasteiger partial charge in [-0.05, 0) is 72.2 Å². The Morgan fingerprint density at radius 1 is 0.571 bits per heavy atom.